The highest BCUT2D eigenvalue weighted by Crippen LogP contribution is 2.34. The van der Waals surface area contributed by atoms with Crippen LogP contribution < -0.4 is 4.74 Å². The van der Waals surface area contributed by atoms with Gasteiger partial charge in [-0.15, -0.1) is 11.3 Å². The molecule has 3 aromatic heterocycles. The molecule has 0 aliphatic heterocycles. The van der Waals surface area contributed by atoms with Crippen LogP contribution in [0.5, 0.6) is 5.75 Å². The van der Waals surface area contributed by atoms with Crippen LogP contribution in [0, 0.1) is 0 Å². The van der Waals surface area contributed by atoms with Gasteiger partial charge in [-0.1, -0.05) is 6.07 Å². The lowest BCUT2D eigenvalue weighted by molar-refractivity contribution is -0.142. The zero-order valence-corrected chi connectivity index (χ0v) is 14.3. The summed E-state index contributed by atoms with van der Waals surface area (Å²) in [5.74, 6) is 0.659. The summed E-state index contributed by atoms with van der Waals surface area (Å²) >= 11 is 1.34. The molecule has 4 aromatic rings. The molecule has 0 fully saturated rings. The third-order valence-corrected chi connectivity index (χ3v) is 4.77. The van der Waals surface area contributed by atoms with Crippen molar-refractivity contribution in [2.75, 3.05) is 7.11 Å². The number of hydrogen-bond acceptors (Lipinski definition) is 4. The molecule has 0 bridgehead atoms. The molecule has 0 atom stereocenters. The fourth-order valence-electron chi connectivity index (χ4n) is 2.63. The Bertz CT molecular complexity index is 1050. The fraction of sp³-hybridized carbons (Fsp3) is 0.111. The molecule has 8 heteroatoms. The number of ether oxygens (including phenoxy) is 1. The number of hydrogen-bond donors (Lipinski definition) is 0. The number of alkyl halides is 3. The number of nitrogens with zero attached hydrogens (tertiary/aromatic N) is 3. The second kappa shape index (κ2) is 6.14. The molecule has 1 aromatic carbocycles. The van der Waals surface area contributed by atoms with Crippen molar-refractivity contribution < 1.29 is 17.9 Å². The lowest BCUT2D eigenvalue weighted by Crippen LogP contribution is -2.13. The highest BCUT2D eigenvalue weighted by molar-refractivity contribution is 7.13. The van der Waals surface area contributed by atoms with Gasteiger partial charge in [-0.25, -0.2) is 9.50 Å². The Morgan fingerprint density at radius 2 is 1.81 bits per heavy atom. The Balaban J connectivity index is 1.90. The van der Waals surface area contributed by atoms with Crippen LogP contribution in [0.4, 0.5) is 13.2 Å². The lowest BCUT2D eigenvalue weighted by atomic mass is 10.1. The third-order valence-electron chi connectivity index (χ3n) is 3.88. The van der Waals surface area contributed by atoms with E-state index in [1.807, 2.05) is 0 Å². The first-order chi connectivity index (χ1) is 12.5. The van der Waals surface area contributed by atoms with E-state index in [-0.39, 0.29) is 11.3 Å². The predicted molar refractivity (Wildman–Crippen MR) is 93.3 cm³/mol. The van der Waals surface area contributed by atoms with Crippen LogP contribution >= 0.6 is 11.3 Å². The number of aromatic nitrogens is 3. The molecule has 0 saturated carbocycles. The van der Waals surface area contributed by atoms with Crippen LogP contribution in [0.3, 0.4) is 0 Å². The summed E-state index contributed by atoms with van der Waals surface area (Å²) in [6.07, 6.45) is -4.55. The molecule has 0 spiro atoms. The van der Waals surface area contributed by atoms with E-state index >= 15 is 0 Å². The summed E-state index contributed by atoms with van der Waals surface area (Å²) in [6.45, 7) is 0. The standard InChI is InChI=1S/C18H12F3N3OS/c1-25-12-6-4-11(5-7-12)13-10-17-22-14(15-3-2-8-26-15)9-16(18(19,20)21)24(17)23-13/h2-10H,1H3. The molecule has 132 valence electrons. The van der Waals surface area contributed by atoms with Crippen molar-refractivity contribution in [3.05, 3.63) is 59.6 Å². The van der Waals surface area contributed by atoms with Crippen molar-refractivity contribution in [1.82, 2.24) is 14.6 Å². The monoisotopic (exact) mass is 375 g/mol. The number of thiophene rings is 1. The summed E-state index contributed by atoms with van der Waals surface area (Å²) in [6, 6.07) is 13.0. The number of fused-ring (bicyclic) bond motifs is 1. The van der Waals surface area contributed by atoms with Crippen LogP contribution in [-0.4, -0.2) is 21.7 Å². The molecule has 4 nitrogen and oxygen atoms in total. The average molecular weight is 375 g/mol. The molecule has 0 N–H and O–H groups in total. The molecule has 0 aliphatic rings. The Morgan fingerprint density at radius 1 is 1.04 bits per heavy atom. The summed E-state index contributed by atoms with van der Waals surface area (Å²) in [5.41, 5.74) is 0.664. The van der Waals surface area contributed by atoms with Gasteiger partial charge >= 0.3 is 6.18 Å². The predicted octanol–water partition coefficient (Wildman–Crippen LogP) is 5.15. The SMILES string of the molecule is COc1ccc(-c2cc3nc(-c4cccs4)cc(C(F)(F)F)n3n2)cc1. The molecule has 0 radical (unpaired) electrons. The largest absolute Gasteiger partial charge is 0.497 e. The first kappa shape index (κ1) is 16.6. The van der Waals surface area contributed by atoms with E-state index in [1.54, 1.807) is 55.0 Å². The minimum absolute atomic E-state index is 0.147. The first-order valence-corrected chi connectivity index (χ1v) is 8.50. The lowest BCUT2D eigenvalue weighted by Gasteiger charge is -2.10. The topological polar surface area (TPSA) is 39.4 Å². The van der Waals surface area contributed by atoms with Crippen LogP contribution in [0.1, 0.15) is 5.69 Å². The van der Waals surface area contributed by atoms with E-state index in [9.17, 15) is 13.2 Å². The fourth-order valence-corrected chi connectivity index (χ4v) is 3.32. The van der Waals surface area contributed by atoms with Crippen molar-refractivity contribution in [1.29, 1.82) is 0 Å². The number of methoxy groups -OCH3 is 1. The average Bonchev–Trinajstić information content (AvgIpc) is 3.29. The summed E-state index contributed by atoms with van der Waals surface area (Å²) in [5, 5.41) is 5.92. The summed E-state index contributed by atoms with van der Waals surface area (Å²) in [7, 11) is 1.55. The van der Waals surface area contributed by atoms with E-state index in [0.717, 1.165) is 10.6 Å². The van der Waals surface area contributed by atoms with Gasteiger partial charge in [-0.05, 0) is 41.8 Å². The van der Waals surface area contributed by atoms with Gasteiger partial charge in [-0.3, -0.25) is 0 Å². The van der Waals surface area contributed by atoms with Gasteiger partial charge < -0.3 is 4.74 Å². The van der Waals surface area contributed by atoms with Crippen LogP contribution in [-0.2, 0) is 6.18 Å². The molecule has 3 heterocycles. The molecule has 0 amide bonds. The first-order valence-electron chi connectivity index (χ1n) is 7.62. The third kappa shape index (κ3) is 2.92. The van der Waals surface area contributed by atoms with Gasteiger partial charge in [0.2, 0.25) is 0 Å². The molecule has 0 saturated heterocycles. The zero-order chi connectivity index (χ0) is 18.3. The highest BCUT2D eigenvalue weighted by Gasteiger charge is 2.35. The molecule has 0 aliphatic carbocycles. The summed E-state index contributed by atoms with van der Waals surface area (Å²) in [4.78, 5) is 5.03. The van der Waals surface area contributed by atoms with Gasteiger partial charge in [0.25, 0.3) is 0 Å². The van der Waals surface area contributed by atoms with E-state index in [1.165, 1.54) is 11.3 Å². The molecule has 0 unspecified atom stereocenters. The van der Waals surface area contributed by atoms with E-state index in [2.05, 4.69) is 10.1 Å². The molecule has 4 rings (SSSR count). The minimum Gasteiger partial charge on any atom is -0.497 e. The molecule has 26 heavy (non-hydrogen) atoms. The maximum atomic E-state index is 13.5. The zero-order valence-electron chi connectivity index (χ0n) is 13.5. The number of rotatable bonds is 3. The second-order valence-corrected chi connectivity index (χ2v) is 6.48. The number of halogens is 3. The van der Waals surface area contributed by atoms with E-state index < -0.39 is 11.9 Å². The van der Waals surface area contributed by atoms with E-state index in [4.69, 9.17) is 4.74 Å². The van der Waals surface area contributed by atoms with Crippen LogP contribution in [0.25, 0.3) is 27.5 Å². The Kier molecular flexibility index (Phi) is 3.91. The highest BCUT2D eigenvalue weighted by atomic mass is 32.1. The Labute approximate surface area is 150 Å². The number of benzene rings is 1. The maximum Gasteiger partial charge on any atom is 0.433 e. The van der Waals surface area contributed by atoms with Crippen molar-refractivity contribution in [2.45, 2.75) is 6.18 Å². The quantitative estimate of drug-likeness (QED) is 0.497. The smallest absolute Gasteiger partial charge is 0.433 e. The molecular formula is C18H12F3N3OS. The van der Waals surface area contributed by atoms with Gasteiger partial charge in [0.1, 0.15) is 5.75 Å². The normalized spacial score (nSPS) is 11.8. The molecular weight excluding hydrogens is 363 g/mol. The summed E-state index contributed by atoms with van der Waals surface area (Å²) < 4.78 is 46.6. The second-order valence-electron chi connectivity index (χ2n) is 5.53. The Hall–Kier alpha value is -2.87. The van der Waals surface area contributed by atoms with Crippen molar-refractivity contribution >= 4 is 17.0 Å². The van der Waals surface area contributed by atoms with Crippen LogP contribution in [0.2, 0.25) is 0 Å². The van der Waals surface area contributed by atoms with Gasteiger partial charge in [0.05, 0.1) is 23.4 Å². The minimum atomic E-state index is -4.55. The van der Waals surface area contributed by atoms with Gasteiger partial charge in [0.15, 0.2) is 11.3 Å². The van der Waals surface area contributed by atoms with Crippen LogP contribution in [0.15, 0.2) is 53.9 Å². The van der Waals surface area contributed by atoms with Crippen molar-refractivity contribution in [3.63, 3.8) is 0 Å². The van der Waals surface area contributed by atoms with Crippen molar-refractivity contribution in [2.24, 2.45) is 0 Å². The maximum absolute atomic E-state index is 13.5. The van der Waals surface area contributed by atoms with E-state index in [0.29, 0.717) is 21.9 Å². The van der Waals surface area contributed by atoms with Gasteiger partial charge in [-0.2, -0.15) is 18.3 Å². The van der Waals surface area contributed by atoms with Gasteiger partial charge in [0, 0.05) is 11.6 Å². The van der Waals surface area contributed by atoms with Crippen molar-refractivity contribution in [3.8, 4) is 27.6 Å². The Morgan fingerprint density at radius 3 is 2.42 bits per heavy atom.